The van der Waals surface area contributed by atoms with Crippen LogP contribution in [0.25, 0.3) is 0 Å². The number of anilines is 2. The van der Waals surface area contributed by atoms with Crippen molar-refractivity contribution in [2.24, 2.45) is 0 Å². The van der Waals surface area contributed by atoms with Gasteiger partial charge in [0.05, 0.1) is 0 Å². The molecule has 0 bridgehead atoms. The second kappa shape index (κ2) is 5.60. The maximum atomic E-state index is 6.23. The first-order valence-electron chi connectivity index (χ1n) is 7.27. The molecule has 0 unspecified atom stereocenters. The van der Waals surface area contributed by atoms with E-state index in [2.05, 4.69) is 14.9 Å². The zero-order valence-corrected chi connectivity index (χ0v) is 12.5. The number of aryl methyl sites for hydroxylation is 2. The number of ether oxygens (including phenoxy) is 1. The van der Waals surface area contributed by atoms with Crippen molar-refractivity contribution in [3.8, 4) is 11.6 Å². The molecule has 1 fully saturated rings. The summed E-state index contributed by atoms with van der Waals surface area (Å²) >= 11 is 0. The van der Waals surface area contributed by atoms with E-state index in [1.807, 2.05) is 38.1 Å². The Morgan fingerprint density at radius 1 is 1.14 bits per heavy atom. The Bertz CT molecular complexity index is 651. The van der Waals surface area contributed by atoms with Crippen LogP contribution in [0.2, 0.25) is 0 Å². The van der Waals surface area contributed by atoms with Crippen LogP contribution < -0.4 is 15.4 Å². The zero-order chi connectivity index (χ0) is 14.8. The van der Waals surface area contributed by atoms with Gasteiger partial charge in [0.15, 0.2) is 5.82 Å². The second-order valence-electron chi connectivity index (χ2n) is 5.43. The summed E-state index contributed by atoms with van der Waals surface area (Å²) in [4.78, 5) is 11.0. The quantitative estimate of drug-likeness (QED) is 0.938. The van der Waals surface area contributed by atoms with Crippen molar-refractivity contribution < 1.29 is 4.74 Å². The van der Waals surface area contributed by atoms with Crippen molar-refractivity contribution in [1.82, 2.24) is 9.97 Å². The van der Waals surface area contributed by atoms with Gasteiger partial charge in [0.2, 0.25) is 5.88 Å². The van der Waals surface area contributed by atoms with Gasteiger partial charge in [-0.3, -0.25) is 0 Å². The summed E-state index contributed by atoms with van der Waals surface area (Å²) < 4.78 is 5.87. The Hall–Kier alpha value is -2.30. The third-order valence-corrected chi connectivity index (χ3v) is 3.61. The SMILES string of the molecule is Cc1cccc(Oc2nc(C)nc(N3CCCC3)c2N)c1. The van der Waals surface area contributed by atoms with Gasteiger partial charge in [0, 0.05) is 13.1 Å². The molecule has 1 aliphatic heterocycles. The number of hydrogen-bond acceptors (Lipinski definition) is 5. The molecule has 110 valence electrons. The van der Waals surface area contributed by atoms with E-state index in [-0.39, 0.29) is 0 Å². The van der Waals surface area contributed by atoms with Crippen LogP contribution in [0.15, 0.2) is 24.3 Å². The lowest BCUT2D eigenvalue weighted by molar-refractivity contribution is 0.462. The van der Waals surface area contributed by atoms with Crippen LogP contribution in [-0.4, -0.2) is 23.1 Å². The van der Waals surface area contributed by atoms with Gasteiger partial charge in [-0.1, -0.05) is 12.1 Å². The summed E-state index contributed by atoms with van der Waals surface area (Å²) in [5, 5.41) is 0. The minimum absolute atomic E-state index is 0.440. The summed E-state index contributed by atoms with van der Waals surface area (Å²) in [5.41, 5.74) is 7.88. The molecular weight excluding hydrogens is 264 g/mol. The van der Waals surface area contributed by atoms with E-state index < -0.39 is 0 Å². The van der Waals surface area contributed by atoms with Gasteiger partial charge in [-0.2, -0.15) is 4.98 Å². The molecule has 1 aromatic carbocycles. The normalized spacial score (nSPS) is 14.5. The Balaban J connectivity index is 1.94. The standard InChI is InChI=1S/C16H20N4O/c1-11-6-5-7-13(10-11)21-16-14(17)15(18-12(2)19-16)20-8-3-4-9-20/h5-7,10H,3-4,8-9,17H2,1-2H3. The summed E-state index contributed by atoms with van der Waals surface area (Å²) in [6, 6.07) is 7.85. The lowest BCUT2D eigenvalue weighted by Gasteiger charge is -2.20. The van der Waals surface area contributed by atoms with Crippen molar-refractivity contribution in [3.05, 3.63) is 35.7 Å². The van der Waals surface area contributed by atoms with Gasteiger partial charge in [0.1, 0.15) is 17.3 Å². The molecule has 21 heavy (non-hydrogen) atoms. The number of rotatable bonds is 3. The third kappa shape index (κ3) is 2.91. The predicted octanol–water partition coefficient (Wildman–Crippen LogP) is 3.07. The molecule has 3 rings (SSSR count). The van der Waals surface area contributed by atoms with Crippen molar-refractivity contribution in [2.45, 2.75) is 26.7 Å². The molecule has 1 aliphatic rings. The minimum atomic E-state index is 0.440. The highest BCUT2D eigenvalue weighted by molar-refractivity contribution is 5.69. The molecule has 5 nitrogen and oxygen atoms in total. The van der Waals surface area contributed by atoms with Gasteiger partial charge in [0.25, 0.3) is 0 Å². The lowest BCUT2D eigenvalue weighted by atomic mass is 10.2. The Morgan fingerprint density at radius 2 is 1.90 bits per heavy atom. The van der Waals surface area contributed by atoms with Crippen LogP contribution in [0, 0.1) is 13.8 Å². The third-order valence-electron chi connectivity index (χ3n) is 3.61. The number of hydrogen-bond donors (Lipinski definition) is 1. The van der Waals surface area contributed by atoms with Crippen LogP contribution in [0.4, 0.5) is 11.5 Å². The predicted molar refractivity (Wildman–Crippen MR) is 83.9 cm³/mol. The van der Waals surface area contributed by atoms with Crippen LogP contribution in [0.5, 0.6) is 11.6 Å². The van der Waals surface area contributed by atoms with E-state index in [4.69, 9.17) is 10.5 Å². The fourth-order valence-electron chi connectivity index (χ4n) is 2.58. The van der Waals surface area contributed by atoms with Gasteiger partial charge in [-0.15, -0.1) is 0 Å². The smallest absolute Gasteiger partial charge is 0.248 e. The zero-order valence-electron chi connectivity index (χ0n) is 12.5. The number of aromatic nitrogens is 2. The highest BCUT2D eigenvalue weighted by Gasteiger charge is 2.20. The highest BCUT2D eigenvalue weighted by atomic mass is 16.5. The first-order valence-corrected chi connectivity index (χ1v) is 7.27. The van der Waals surface area contributed by atoms with Gasteiger partial charge in [-0.25, -0.2) is 4.98 Å². The Labute approximate surface area is 124 Å². The number of nitrogens with two attached hydrogens (primary N) is 1. The van der Waals surface area contributed by atoms with Crippen molar-refractivity contribution >= 4 is 11.5 Å². The molecular formula is C16H20N4O. The van der Waals surface area contributed by atoms with E-state index in [1.54, 1.807) is 0 Å². The van der Waals surface area contributed by atoms with Crippen LogP contribution in [0.1, 0.15) is 24.2 Å². The molecule has 0 radical (unpaired) electrons. The molecule has 0 aliphatic carbocycles. The monoisotopic (exact) mass is 284 g/mol. The molecule has 0 atom stereocenters. The van der Waals surface area contributed by atoms with Crippen molar-refractivity contribution in [3.63, 3.8) is 0 Å². The van der Waals surface area contributed by atoms with Crippen molar-refractivity contribution in [2.75, 3.05) is 23.7 Å². The Kier molecular flexibility index (Phi) is 3.64. The van der Waals surface area contributed by atoms with E-state index in [0.717, 1.165) is 30.2 Å². The van der Waals surface area contributed by atoms with Crippen LogP contribution >= 0.6 is 0 Å². The molecule has 2 aromatic rings. The van der Waals surface area contributed by atoms with Crippen molar-refractivity contribution in [1.29, 1.82) is 0 Å². The van der Waals surface area contributed by atoms with E-state index in [9.17, 15) is 0 Å². The molecule has 0 saturated carbocycles. The molecule has 1 saturated heterocycles. The summed E-state index contributed by atoms with van der Waals surface area (Å²) in [7, 11) is 0. The first-order chi connectivity index (χ1) is 10.1. The fourth-order valence-corrected chi connectivity index (χ4v) is 2.58. The number of benzene rings is 1. The average Bonchev–Trinajstić information content (AvgIpc) is 2.96. The molecule has 2 N–H and O–H groups in total. The van der Waals surface area contributed by atoms with E-state index in [0.29, 0.717) is 17.4 Å². The average molecular weight is 284 g/mol. The van der Waals surface area contributed by atoms with E-state index >= 15 is 0 Å². The maximum Gasteiger partial charge on any atom is 0.248 e. The summed E-state index contributed by atoms with van der Waals surface area (Å²) in [6.45, 7) is 5.87. The van der Waals surface area contributed by atoms with Gasteiger partial charge in [-0.05, 0) is 44.4 Å². The number of nitrogens with zero attached hydrogens (tertiary/aromatic N) is 3. The number of nitrogen functional groups attached to an aromatic ring is 1. The largest absolute Gasteiger partial charge is 0.437 e. The fraction of sp³-hybridized carbons (Fsp3) is 0.375. The van der Waals surface area contributed by atoms with Gasteiger partial charge >= 0.3 is 0 Å². The van der Waals surface area contributed by atoms with E-state index in [1.165, 1.54) is 12.8 Å². The molecule has 0 amide bonds. The summed E-state index contributed by atoms with van der Waals surface area (Å²) in [5.74, 6) is 2.65. The van der Waals surface area contributed by atoms with Crippen LogP contribution in [-0.2, 0) is 0 Å². The Morgan fingerprint density at radius 3 is 2.62 bits per heavy atom. The molecule has 1 aromatic heterocycles. The maximum absolute atomic E-state index is 6.23. The topological polar surface area (TPSA) is 64.3 Å². The second-order valence-corrected chi connectivity index (χ2v) is 5.43. The molecule has 0 spiro atoms. The highest BCUT2D eigenvalue weighted by Crippen LogP contribution is 2.33. The summed E-state index contributed by atoms with van der Waals surface area (Å²) in [6.07, 6.45) is 2.35. The van der Waals surface area contributed by atoms with Crippen LogP contribution in [0.3, 0.4) is 0 Å². The first kappa shape index (κ1) is 13.7. The van der Waals surface area contributed by atoms with Gasteiger partial charge < -0.3 is 15.4 Å². The molecule has 2 heterocycles. The molecule has 5 heteroatoms. The minimum Gasteiger partial charge on any atom is -0.437 e. The lowest BCUT2D eigenvalue weighted by Crippen LogP contribution is -2.21.